The monoisotopic (exact) mass is 402 g/mol. The van der Waals surface area contributed by atoms with Crippen molar-refractivity contribution in [1.29, 1.82) is 0 Å². The summed E-state index contributed by atoms with van der Waals surface area (Å²) in [7, 11) is 0. The van der Waals surface area contributed by atoms with Gasteiger partial charge in [-0.1, -0.05) is 52.9 Å². The van der Waals surface area contributed by atoms with Gasteiger partial charge in [0.2, 0.25) is 0 Å². The second-order valence-corrected chi connectivity index (χ2v) is 8.04. The molecule has 6 heteroatoms. The maximum absolute atomic E-state index is 6.48. The molecule has 26 heavy (non-hydrogen) atoms. The predicted octanol–water partition coefficient (Wildman–Crippen LogP) is 6.78. The fraction of sp³-hybridized carbons (Fsp3) is 0.200. The van der Waals surface area contributed by atoms with E-state index in [1.807, 2.05) is 30.3 Å². The second kappa shape index (κ2) is 5.85. The Morgan fingerprint density at radius 1 is 1.04 bits per heavy atom. The van der Waals surface area contributed by atoms with Gasteiger partial charge in [0.05, 0.1) is 22.3 Å². The number of halogens is 3. The van der Waals surface area contributed by atoms with Crippen LogP contribution < -0.4 is 0 Å². The van der Waals surface area contributed by atoms with E-state index < -0.39 is 0 Å². The predicted molar refractivity (Wildman–Crippen MR) is 106 cm³/mol. The largest absolute Gasteiger partial charge is 0.355 e. The quantitative estimate of drug-likeness (QED) is 0.351. The summed E-state index contributed by atoms with van der Waals surface area (Å²) in [4.78, 5) is 4.88. The maximum Gasteiger partial charge on any atom is 0.178 e. The highest BCUT2D eigenvalue weighted by Crippen LogP contribution is 2.47. The van der Waals surface area contributed by atoms with E-state index in [1.165, 1.54) is 0 Å². The Bertz CT molecular complexity index is 1180. The fourth-order valence-electron chi connectivity index (χ4n) is 3.97. The SMILES string of the molecule is CC1c2noc3c2c(nc2ccc(Cl)cc23)CC1c1ccc(Cl)cc1Cl. The summed E-state index contributed by atoms with van der Waals surface area (Å²) in [6.45, 7) is 2.15. The van der Waals surface area contributed by atoms with Gasteiger partial charge >= 0.3 is 0 Å². The van der Waals surface area contributed by atoms with Crippen molar-refractivity contribution in [3.8, 4) is 0 Å². The molecule has 0 radical (unpaired) electrons. The van der Waals surface area contributed by atoms with E-state index in [1.54, 1.807) is 6.07 Å². The summed E-state index contributed by atoms with van der Waals surface area (Å²) >= 11 is 18.7. The normalized spacial score (nSPS) is 19.4. The van der Waals surface area contributed by atoms with Gasteiger partial charge in [-0.15, -0.1) is 0 Å². The van der Waals surface area contributed by atoms with Crippen LogP contribution in [0.1, 0.15) is 35.7 Å². The lowest BCUT2D eigenvalue weighted by Gasteiger charge is -2.28. The molecule has 0 amide bonds. The van der Waals surface area contributed by atoms with Crippen molar-refractivity contribution in [2.24, 2.45) is 0 Å². The average Bonchev–Trinajstić information content (AvgIpc) is 3.05. The molecule has 1 aliphatic carbocycles. The average molecular weight is 404 g/mol. The Morgan fingerprint density at radius 2 is 1.81 bits per heavy atom. The molecule has 130 valence electrons. The molecule has 2 aromatic heterocycles. The van der Waals surface area contributed by atoms with Crippen LogP contribution in [0.15, 0.2) is 40.9 Å². The first-order valence-electron chi connectivity index (χ1n) is 8.35. The van der Waals surface area contributed by atoms with Gasteiger partial charge in [-0.2, -0.15) is 0 Å². The van der Waals surface area contributed by atoms with Crippen molar-refractivity contribution in [2.75, 3.05) is 0 Å². The third-order valence-corrected chi connectivity index (χ3v) is 6.07. The van der Waals surface area contributed by atoms with Crippen molar-refractivity contribution in [3.63, 3.8) is 0 Å². The summed E-state index contributed by atoms with van der Waals surface area (Å²) in [5.74, 6) is 0.318. The lowest BCUT2D eigenvalue weighted by Crippen LogP contribution is -2.18. The topological polar surface area (TPSA) is 38.9 Å². The first-order chi connectivity index (χ1) is 12.5. The fourth-order valence-corrected chi connectivity index (χ4v) is 4.69. The van der Waals surface area contributed by atoms with Crippen LogP contribution in [-0.4, -0.2) is 10.1 Å². The van der Waals surface area contributed by atoms with Gasteiger partial charge < -0.3 is 4.52 Å². The summed E-state index contributed by atoms with van der Waals surface area (Å²) in [5, 5.41) is 8.24. The van der Waals surface area contributed by atoms with E-state index in [9.17, 15) is 0 Å². The van der Waals surface area contributed by atoms with Crippen LogP contribution in [0.2, 0.25) is 15.1 Å². The van der Waals surface area contributed by atoms with E-state index in [4.69, 9.17) is 44.3 Å². The molecular weight excluding hydrogens is 391 g/mol. The Morgan fingerprint density at radius 3 is 2.62 bits per heavy atom. The van der Waals surface area contributed by atoms with Crippen LogP contribution in [0.4, 0.5) is 0 Å². The molecule has 0 saturated carbocycles. The van der Waals surface area contributed by atoms with Gasteiger partial charge in [0, 0.05) is 26.4 Å². The lowest BCUT2D eigenvalue weighted by molar-refractivity contribution is 0.429. The zero-order valence-electron chi connectivity index (χ0n) is 13.8. The van der Waals surface area contributed by atoms with Gasteiger partial charge in [-0.25, -0.2) is 0 Å². The minimum Gasteiger partial charge on any atom is -0.355 e. The third kappa shape index (κ3) is 2.34. The summed E-state index contributed by atoms with van der Waals surface area (Å²) < 4.78 is 5.73. The Hall–Kier alpha value is -1.81. The number of hydrogen-bond acceptors (Lipinski definition) is 3. The van der Waals surface area contributed by atoms with E-state index in [0.29, 0.717) is 15.1 Å². The Balaban J connectivity index is 1.74. The maximum atomic E-state index is 6.48. The molecule has 0 bridgehead atoms. The molecule has 2 heterocycles. The smallest absolute Gasteiger partial charge is 0.178 e. The molecule has 1 aliphatic rings. The molecule has 2 aromatic carbocycles. The zero-order valence-corrected chi connectivity index (χ0v) is 16.0. The van der Waals surface area contributed by atoms with E-state index in [2.05, 4.69) is 12.1 Å². The zero-order chi connectivity index (χ0) is 18.0. The van der Waals surface area contributed by atoms with Crippen LogP contribution in [0, 0.1) is 0 Å². The van der Waals surface area contributed by atoms with E-state index in [0.717, 1.165) is 45.2 Å². The molecule has 0 aliphatic heterocycles. The highest BCUT2D eigenvalue weighted by molar-refractivity contribution is 6.35. The van der Waals surface area contributed by atoms with Crippen LogP contribution in [0.5, 0.6) is 0 Å². The standard InChI is InChI=1S/C20H13Cl3N2O/c1-9-13(12-4-2-11(22)7-15(12)23)8-17-18-19(9)25-26-20(18)14-6-10(21)3-5-16(14)24-17/h2-7,9,13H,8H2,1H3. The van der Waals surface area contributed by atoms with E-state index >= 15 is 0 Å². The molecule has 0 spiro atoms. The van der Waals surface area contributed by atoms with Crippen molar-refractivity contribution in [3.05, 3.63) is 68.4 Å². The molecule has 0 saturated heterocycles. The number of aromatic nitrogens is 2. The Labute approximate surface area is 164 Å². The summed E-state index contributed by atoms with van der Waals surface area (Å²) in [6.07, 6.45) is 0.770. The van der Waals surface area contributed by atoms with Gasteiger partial charge in [0.15, 0.2) is 5.58 Å². The number of rotatable bonds is 1. The molecular formula is C20H13Cl3N2O. The Kier molecular flexibility index (Phi) is 3.68. The molecule has 2 atom stereocenters. The summed E-state index contributed by atoms with van der Waals surface area (Å²) in [6, 6.07) is 11.3. The second-order valence-electron chi connectivity index (χ2n) is 6.76. The highest BCUT2D eigenvalue weighted by atomic mass is 35.5. The van der Waals surface area contributed by atoms with Crippen molar-refractivity contribution < 1.29 is 4.52 Å². The molecule has 4 aromatic rings. The minimum absolute atomic E-state index is 0.154. The first kappa shape index (κ1) is 16.4. The molecule has 3 nitrogen and oxygen atoms in total. The number of hydrogen-bond donors (Lipinski definition) is 0. The van der Waals surface area contributed by atoms with Gasteiger partial charge in [-0.3, -0.25) is 4.98 Å². The molecule has 0 fully saturated rings. The van der Waals surface area contributed by atoms with Crippen molar-refractivity contribution in [2.45, 2.75) is 25.2 Å². The number of benzene rings is 2. The lowest BCUT2D eigenvalue weighted by atomic mass is 9.76. The molecule has 2 unspecified atom stereocenters. The van der Waals surface area contributed by atoms with Crippen molar-refractivity contribution in [1.82, 2.24) is 10.1 Å². The number of fused-ring (bicyclic) bond motifs is 2. The van der Waals surface area contributed by atoms with Gasteiger partial charge in [-0.05, 0) is 48.2 Å². The van der Waals surface area contributed by atoms with Gasteiger partial charge in [0.25, 0.3) is 0 Å². The van der Waals surface area contributed by atoms with E-state index in [-0.39, 0.29) is 11.8 Å². The number of pyridine rings is 1. The molecule has 5 rings (SSSR count). The van der Waals surface area contributed by atoms with Crippen LogP contribution in [0.3, 0.4) is 0 Å². The van der Waals surface area contributed by atoms with Crippen LogP contribution in [0.25, 0.3) is 21.9 Å². The van der Waals surface area contributed by atoms with Crippen LogP contribution in [-0.2, 0) is 6.42 Å². The van der Waals surface area contributed by atoms with Crippen LogP contribution >= 0.6 is 34.8 Å². The minimum atomic E-state index is 0.154. The highest BCUT2D eigenvalue weighted by Gasteiger charge is 2.34. The van der Waals surface area contributed by atoms with Crippen molar-refractivity contribution >= 4 is 56.7 Å². The number of nitrogens with zero attached hydrogens (tertiary/aromatic N) is 2. The summed E-state index contributed by atoms with van der Waals surface area (Å²) in [5.41, 5.74) is 4.58. The first-order valence-corrected chi connectivity index (χ1v) is 9.48. The third-order valence-electron chi connectivity index (χ3n) is 5.28. The molecule has 0 N–H and O–H groups in total. The van der Waals surface area contributed by atoms with Gasteiger partial charge in [0.1, 0.15) is 0 Å².